The van der Waals surface area contributed by atoms with Crippen molar-refractivity contribution in [2.24, 2.45) is 0 Å². The van der Waals surface area contributed by atoms with Crippen LogP contribution in [0.5, 0.6) is 0 Å². The number of amides is 2. The highest BCUT2D eigenvalue weighted by Crippen LogP contribution is 2.21. The first-order valence-electron chi connectivity index (χ1n) is 7.90. The van der Waals surface area contributed by atoms with Gasteiger partial charge in [0.15, 0.2) is 0 Å². The van der Waals surface area contributed by atoms with Gasteiger partial charge in [0.05, 0.1) is 6.54 Å². The van der Waals surface area contributed by atoms with Crippen molar-refractivity contribution in [2.45, 2.75) is 19.8 Å². The second kappa shape index (κ2) is 10.5. The van der Waals surface area contributed by atoms with E-state index in [4.69, 9.17) is 23.2 Å². The van der Waals surface area contributed by atoms with Crippen molar-refractivity contribution in [3.8, 4) is 0 Å². The van der Waals surface area contributed by atoms with Crippen LogP contribution in [-0.2, 0) is 16.0 Å². The van der Waals surface area contributed by atoms with E-state index in [1.807, 2.05) is 20.2 Å². The topological polar surface area (TPSA) is 52.7 Å². The molecule has 1 aromatic carbocycles. The molecule has 7 heteroatoms. The highest BCUT2D eigenvalue weighted by Gasteiger charge is 2.14. The molecule has 0 heterocycles. The van der Waals surface area contributed by atoms with Crippen LogP contribution < -0.4 is 5.32 Å². The van der Waals surface area contributed by atoms with Crippen LogP contribution in [0.15, 0.2) is 18.2 Å². The number of rotatable bonds is 9. The SMILES string of the molecule is CC(=O)N(CCc1ccc(Cl)cc1Cl)CC(=O)NCCCN(C)C. The summed E-state index contributed by atoms with van der Waals surface area (Å²) in [4.78, 5) is 27.3. The molecular weight excluding hydrogens is 349 g/mol. The summed E-state index contributed by atoms with van der Waals surface area (Å²) < 4.78 is 0. The lowest BCUT2D eigenvalue weighted by atomic mass is 10.1. The van der Waals surface area contributed by atoms with Gasteiger partial charge in [-0.1, -0.05) is 29.3 Å². The van der Waals surface area contributed by atoms with E-state index in [0.29, 0.717) is 29.6 Å². The Labute approximate surface area is 153 Å². The monoisotopic (exact) mass is 373 g/mol. The minimum atomic E-state index is -0.147. The van der Waals surface area contributed by atoms with Gasteiger partial charge in [-0.25, -0.2) is 0 Å². The van der Waals surface area contributed by atoms with Gasteiger partial charge in [0.1, 0.15) is 0 Å². The molecule has 0 saturated carbocycles. The Balaban J connectivity index is 2.46. The number of halogens is 2. The minimum Gasteiger partial charge on any atom is -0.355 e. The number of carbonyl (C=O) groups excluding carboxylic acids is 2. The first kappa shape index (κ1) is 20.7. The second-order valence-corrected chi connectivity index (χ2v) is 6.78. The van der Waals surface area contributed by atoms with Crippen molar-refractivity contribution in [2.75, 3.05) is 40.3 Å². The predicted octanol–water partition coefficient (Wildman–Crippen LogP) is 2.45. The molecule has 1 rings (SSSR count). The lowest BCUT2D eigenvalue weighted by Gasteiger charge is -2.21. The Hall–Kier alpha value is -1.30. The molecule has 5 nitrogen and oxygen atoms in total. The maximum absolute atomic E-state index is 12.0. The highest BCUT2D eigenvalue weighted by molar-refractivity contribution is 6.35. The molecule has 0 atom stereocenters. The van der Waals surface area contributed by atoms with E-state index in [-0.39, 0.29) is 18.4 Å². The van der Waals surface area contributed by atoms with Gasteiger partial charge in [-0.05, 0) is 51.2 Å². The van der Waals surface area contributed by atoms with E-state index < -0.39 is 0 Å². The predicted molar refractivity (Wildman–Crippen MR) is 98.6 cm³/mol. The fourth-order valence-electron chi connectivity index (χ4n) is 2.18. The number of hydrogen-bond acceptors (Lipinski definition) is 3. The summed E-state index contributed by atoms with van der Waals surface area (Å²) in [6.45, 7) is 3.46. The Morgan fingerprint density at radius 3 is 2.46 bits per heavy atom. The van der Waals surface area contributed by atoms with Gasteiger partial charge in [-0.3, -0.25) is 9.59 Å². The number of nitrogens with one attached hydrogen (secondary N) is 1. The van der Waals surface area contributed by atoms with Crippen LogP contribution in [0, 0.1) is 0 Å². The van der Waals surface area contributed by atoms with Gasteiger partial charge in [-0.15, -0.1) is 0 Å². The number of carbonyl (C=O) groups is 2. The van der Waals surface area contributed by atoms with Gasteiger partial charge < -0.3 is 15.1 Å². The molecule has 0 aliphatic carbocycles. The summed E-state index contributed by atoms with van der Waals surface area (Å²) in [5.74, 6) is -0.283. The van der Waals surface area contributed by atoms with Gasteiger partial charge in [0.25, 0.3) is 0 Å². The molecule has 1 aromatic rings. The Kier molecular flexibility index (Phi) is 9.11. The van der Waals surface area contributed by atoms with Crippen LogP contribution in [0.4, 0.5) is 0 Å². The van der Waals surface area contributed by atoms with Crippen LogP contribution >= 0.6 is 23.2 Å². The maximum Gasteiger partial charge on any atom is 0.239 e. The van der Waals surface area contributed by atoms with Crippen molar-refractivity contribution < 1.29 is 9.59 Å². The fraction of sp³-hybridized carbons (Fsp3) is 0.529. The van der Waals surface area contributed by atoms with Crippen molar-refractivity contribution in [1.29, 1.82) is 0 Å². The van der Waals surface area contributed by atoms with Gasteiger partial charge in [-0.2, -0.15) is 0 Å². The molecule has 0 aromatic heterocycles. The van der Waals surface area contributed by atoms with Crippen LogP contribution in [0.2, 0.25) is 10.0 Å². The summed E-state index contributed by atoms with van der Waals surface area (Å²) in [5.41, 5.74) is 0.902. The van der Waals surface area contributed by atoms with Crippen molar-refractivity contribution in [3.63, 3.8) is 0 Å². The first-order valence-corrected chi connectivity index (χ1v) is 8.66. The summed E-state index contributed by atoms with van der Waals surface area (Å²) in [5, 5.41) is 3.98. The summed E-state index contributed by atoms with van der Waals surface area (Å²) in [6, 6.07) is 5.27. The number of hydrogen-bond donors (Lipinski definition) is 1. The quantitative estimate of drug-likeness (QED) is 0.676. The van der Waals surface area contributed by atoms with E-state index in [2.05, 4.69) is 10.2 Å². The van der Waals surface area contributed by atoms with Gasteiger partial charge >= 0.3 is 0 Å². The van der Waals surface area contributed by atoms with Crippen LogP contribution in [0.1, 0.15) is 18.9 Å². The molecule has 0 radical (unpaired) electrons. The molecule has 24 heavy (non-hydrogen) atoms. The Morgan fingerprint density at radius 2 is 1.88 bits per heavy atom. The van der Waals surface area contributed by atoms with E-state index in [9.17, 15) is 9.59 Å². The molecule has 0 spiro atoms. The smallest absolute Gasteiger partial charge is 0.239 e. The average molecular weight is 374 g/mol. The second-order valence-electron chi connectivity index (χ2n) is 5.93. The van der Waals surface area contributed by atoms with E-state index in [1.54, 1.807) is 12.1 Å². The van der Waals surface area contributed by atoms with Crippen molar-refractivity contribution >= 4 is 35.0 Å². The molecular formula is C17H25Cl2N3O2. The molecule has 0 saturated heterocycles. The van der Waals surface area contributed by atoms with E-state index >= 15 is 0 Å². The third-order valence-corrected chi connectivity index (χ3v) is 4.14. The molecule has 134 valence electrons. The zero-order valence-electron chi connectivity index (χ0n) is 14.4. The van der Waals surface area contributed by atoms with E-state index in [0.717, 1.165) is 18.5 Å². The summed E-state index contributed by atoms with van der Waals surface area (Å²) >= 11 is 12.0. The third-order valence-electron chi connectivity index (χ3n) is 3.55. The minimum absolute atomic E-state index is 0.0580. The molecule has 0 bridgehead atoms. The fourth-order valence-corrected chi connectivity index (χ4v) is 2.68. The molecule has 2 amide bonds. The molecule has 0 unspecified atom stereocenters. The van der Waals surface area contributed by atoms with Crippen LogP contribution in [-0.4, -0.2) is 61.9 Å². The molecule has 0 aliphatic heterocycles. The lowest BCUT2D eigenvalue weighted by Crippen LogP contribution is -2.41. The number of nitrogens with zero attached hydrogens (tertiary/aromatic N) is 2. The van der Waals surface area contributed by atoms with E-state index in [1.165, 1.54) is 11.8 Å². The van der Waals surface area contributed by atoms with Crippen molar-refractivity contribution in [3.05, 3.63) is 33.8 Å². The number of benzene rings is 1. The summed E-state index contributed by atoms with van der Waals surface area (Å²) in [7, 11) is 3.97. The van der Waals surface area contributed by atoms with Crippen LogP contribution in [0.25, 0.3) is 0 Å². The maximum atomic E-state index is 12.0. The largest absolute Gasteiger partial charge is 0.355 e. The summed E-state index contributed by atoms with van der Waals surface area (Å²) in [6.07, 6.45) is 1.45. The average Bonchev–Trinajstić information content (AvgIpc) is 2.49. The lowest BCUT2D eigenvalue weighted by molar-refractivity contribution is -0.134. The highest BCUT2D eigenvalue weighted by atomic mass is 35.5. The Morgan fingerprint density at radius 1 is 1.17 bits per heavy atom. The standard InChI is InChI=1S/C17H25Cl2N3O2/c1-13(23)22(12-17(24)20-8-4-9-21(2)3)10-7-14-5-6-15(18)11-16(14)19/h5-6,11H,4,7-10,12H2,1-3H3,(H,20,24). The molecule has 0 fully saturated rings. The zero-order valence-corrected chi connectivity index (χ0v) is 16.0. The Bertz CT molecular complexity index is 565. The molecule has 1 N–H and O–H groups in total. The normalized spacial score (nSPS) is 10.8. The van der Waals surface area contributed by atoms with Crippen molar-refractivity contribution in [1.82, 2.24) is 15.1 Å². The first-order chi connectivity index (χ1) is 11.3. The van der Waals surface area contributed by atoms with Crippen LogP contribution in [0.3, 0.4) is 0 Å². The third kappa shape index (κ3) is 7.99. The molecule has 0 aliphatic rings. The van der Waals surface area contributed by atoms with Gasteiger partial charge in [0, 0.05) is 30.1 Å². The van der Waals surface area contributed by atoms with Gasteiger partial charge in [0.2, 0.25) is 11.8 Å². The zero-order chi connectivity index (χ0) is 18.1.